The lowest BCUT2D eigenvalue weighted by molar-refractivity contribution is 0.612. The van der Waals surface area contributed by atoms with E-state index in [0.717, 1.165) is 18.4 Å². The molecule has 0 N–H and O–H groups in total. The molecule has 0 heterocycles. The molecule has 0 unspecified atom stereocenters. The highest BCUT2D eigenvalue weighted by Gasteiger charge is 2.09. The summed E-state index contributed by atoms with van der Waals surface area (Å²) in [7, 11) is 0. The fraction of sp³-hybridized carbons (Fsp3) is 0.533. The standard InChI is InChI=1S/C15H21BrN2/c1-12(2)11-18(8-4-7-17)15-6-5-14(10-16)13(3)9-15/h5-6,9,12H,4,8,10-11H2,1-3H3. The van der Waals surface area contributed by atoms with E-state index in [0.29, 0.717) is 12.3 Å². The summed E-state index contributed by atoms with van der Waals surface area (Å²) in [5, 5.41) is 9.64. The molecule has 0 aliphatic heterocycles. The van der Waals surface area contributed by atoms with Gasteiger partial charge < -0.3 is 4.90 Å². The molecule has 0 aliphatic rings. The van der Waals surface area contributed by atoms with Crippen LogP contribution in [-0.2, 0) is 5.33 Å². The number of anilines is 1. The highest BCUT2D eigenvalue weighted by Crippen LogP contribution is 2.22. The van der Waals surface area contributed by atoms with Crippen molar-refractivity contribution < 1.29 is 0 Å². The van der Waals surface area contributed by atoms with Crippen LogP contribution in [-0.4, -0.2) is 13.1 Å². The van der Waals surface area contributed by atoms with Gasteiger partial charge in [-0.15, -0.1) is 0 Å². The van der Waals surface area contributed by atoms with Gasteiger partial charge in [-0.05, 0) is 36.1 Å². The van der Waals surface area contributed by atoms with E-state index in [2.05, 4.69) is 65.9 Å². The molecule has 2 nitrogen and oxygen atoms in total. The van der Waals surface area contributed by atoms with E-state index in [4.69, 9.17) is 5.26 Å². The molecular formula is C15H21BrN2. The first-order valence-corrected chi connectivity index (χ1v) is 7.48. The van der Waals surface area contributed by atoms with E-state index in [-0.39, 0.29) is 0 Å². The molecular weight excluding hydrogens is 288 g/mol. The maximum atomic E-state index is 8.75. The minimum atomic E-state index is 0.575. The van der Waals surface area contributed by atoms with Crippen LogP contribution in [0.3, 0.4) is 0 Å². The van der Waals surface area contributed by atoms with E-state index in [1.807, 2.05) is 0 Å². The Morgan fingerprint density at radius 3 is 2.61 bits per heavy atom. The van der Waals surface area contributed by atoms with Gasteiger partial charge in [0.1, 0.15) is 0 Å². The molecule has 1 aromatic carbocycles. The van der Waals surface area contributed by atoms with Crippen molar-refractivity contribution in [2.24, 2.45) is 5.92 Å². The van der Waals surface area contributed by atoms with Crippen molar-refractivity contribution in [1.82, 2.24) is 0 Å². The molecule has 0 aliphatic carbocycles. The predicted molar refractivity (Wildman–Crippen MR) is 81.1 cm³/mol. The second-order valence-corrected chi connectivity index (χ2v) is 5.55. The summed E-state index contributed by atoms with van der Waals surface area (Å²) in [5.41, 5.74) is 3.85. The number of benzene rings is 1. The first kappa shape index (κ1) is 15.0. The van der Waals surface area contributed by atoms with Crippen LogP contribution in [0, 0.1) is 24.2 Å². The SMILES string of the molecule is Cc1cc(N(CCC#N)CC(C)C)ccc1CBr. The van der Waals surface area contributed by atoms with Gasteiger partial charge in [0.05, 0.1) is 12.5 Å². The van der Waals surface area contributed by atoms with E-state index < -0.39 is 0 Å². The number of rotatable bonds is 6. The molecule has 0 fully saturated rings. The number of nitrogens with zero attached hydrogens (tertiary/aromatic N) is 2. The second-order valence-electron chi connectivity index (χ2n) is 4.99. The monoisotopic (exact) mass is 308 g/mol. The number of hydrogen-bond acceptors (Lipinski definition) is 2. The number of halogens is 1. The van der Waals surface area contributed by atoms with Crippen LogP contribution in [0.2, 0.25) is 0 Å². The normalized spacial score (nSPS) is 10.4. The molecule has 0 bridgehead atoms. The molecule has 0 radical (unpaired) electrons. The van der Waals surface area contributed by atoms with Crippen molar-refractivity contribution >= 4 is 21.6 Å². The van der Waals surface area contributed by atoms with Crippen LogP contribution in [0.25, 0.3) is 0 Å². The van der Waals surface area contributed by atoms with Crippen molar-refractivity contribution in [2.75, 3.05) is 18.0 Å². The van der Waals surface area contributed by atoms with Gasteiger partial charge >= 0.3 is 0 Å². The minimum Gasteiger partial charge on any atom is -0.370 e. The lowest BCUT2D eigenvalue weighted by Gasteiger charge is -2.26. The van der Waals surface area contributed by atoms with E-state index >= 15 is 0 Å². The van der Waals surface area contributed by atoms with Crippen LogP contribution < -0.4 is 4.90 Å². The first-order chi connectivity index (χ1) is 8.58. The van der Waals surface area contributed by atoms with Crippen molar-refractivity contribution in [2.45, 2.75) is 32.5 Å². The van der Waals surface area contributed by atoms with Crippen LogP contribution in [0.4, 0.5) is 5.69 Å². The van der Waals surface area contributed by atoms with Crippen molar-refractivity contribution in [3.05, 3.63) is 29.3 Å². The number of hydrogen-bond donors (Lipinski definition) is 0. The highest BCUT2D eigenvalue weighted by molar-refractivity contribution is 9.08. The Balaban J connectivity index is 2.90. The van der Waals surface area contributed by atoms with E-state index in [1.54, 1.807) is 0 Å². The minimum absolute atomic E-state index is 0.575. The van der Waals surface area contributed by atoms with Gasteiger partial charge in [-0.2, -0.15) is 5.26 Å². The summed E-state index contributed by atoms with van der Waals surface area (Å²) in [6.07, 6.45) is 0.575. The molecule has 1 aromatic rings. The number of alkyl halides is 1. The molecule has 0 aromatic heterocycles. The van der Waals surface area contributed by atoms with E-state index in [1.165, 1.54) is 16.8 Å². The quantitative estimate of drug-likeness (QED) is 0.734. The maximum Gasteiger partial charge on any atom is 0.0640 e. The first-order valence-electron chi connectivity index (χ1n) is 6.36. The van der Waals surface area contributed by atoms with Gasteiger partial charge in [-0.25, -0.2) is 0 Å². The Labute approximate surface area is 119 Å². The summed E-state index contributed by atoms with van der Waals surface area (Å²) >= 11 is 3.50. The van der Waals surface area contributed by atoms with Gasteiger partial charge in [0.15, 0.2) is 0 Å². The fourth-order valence-corrected chi connectivity index (χ4v) is 2.61. The third-order valence-corrected chi connectivity index (χ3v) is 3.52. The summed E-state index contributed by atoms with van der Waals surface area (Å²) < 4.78 is 0. The van der Waals surface area contributed by atoms with Gasteiger partial charge in [0, 0.05) is 24.1 Å². The van der Waals surface area contributed by atoms with Gasteiger partial charge in [0.2, 0.25) is 0 Å². The molecule has 98 valence electrons. The lowest BCUT2D eigenvalue weighted by atomic mass is 10.1. The maximum absolute atomic E-state index is 8.75. The average Bonchev–Trinajstić information content (AvgIpc) is 2.34. The predicted octanol–water partition coefficient (Wildman–Crippen LogP) is 4.27. The number of aryl methyl sites for hydroxylation is 1. The van der Waals surface area contributed by atoms with Crippen LogP contribution in [0.15, 0.2) is 18.2 Å². The fourth-order valence-electron chi connectivity index (χ4n) is 1.98. The second kappa shape index (κ2) is 7.43. The van der Waals surface area contributed by atoms with Crippen molar-refractivity contribution in [1.29, 1.82) is 5.26 Å². The summed E-state index contributed by atoms with van der Waals surface area (Å²) in [6.45, 7) is 8.35. The average molecular weight is 309 g/mol. The zero-order chi connectivity index (χ0) is 13.5. The molecule has 1 rings (SSSR count). The zero-order valence-corrected chi connectivity index (χ0v) is 13.0. The van der Waals surface area contributed by atoms with E-state index in [9.17, 15) is 0 Å². The van der Waals surface area contributed by atoms with Crippen molar-refractivity contribution in [3.8, 4) is 6.07 Å². The van der Waals surface area contributed by atoms with Crippen LogP contribution in [0.1, 0.15) is 31.4 Å². The van der Waals surface area contributed by atoms with Crippen molar-refractivity contribution in [3.63, 3.8) is 0 Å². The Bertz CT molecular complexity index is 421. The Morgan fingerprint density at radius 2 is 2.11 bits per heavy atom. The Kier molecular flexibility index (Phi) is 6.21. The topological polar surface area (TPSA) is 27.0 Å². The van der Waals surface area contributed by atoms with Crippen LogP contribution in [0.5, 0.6) is 0 Å². The lowest BCUT2D eigenvalue weighted by Crippen LogP contribution is -2.28. The van der Waals surface area contributed by atoms with Gasteiger partial charge in [0.25, 0.3) is 0 Å². The third-order valence-electron chi connectivity index (χ3n) is 2.91. The molecule has 18 heavy (non-hydrogen) atoms. The Hall–Kier alpha value is -1.01. The molecule has 0 atom stereocenters. The molecule has 0 saturated carbocycles. The smallest absolute Gasteiger partial charge is 0.0640 e. The number of nitriles is 1. The molecule has 3 heteroatoms. The zero-order valence-electron chi connectivity index (χ0n) is 11.4. The summed E-state index contributed by atoms with van der Waals surface area (Å²) in [5.74, 6) is 0.597. The van der Waals surface area contributed by atoms with Gasteiger partial charge in [-0.3, -0.25) is 0 Å². The molecule has 0 spiro atoms. The highest BCUT2D eigenvalue weighted by atomic mass is 79.9. The molecule has 0 saturated heterocycles. The Morgan fingerprint density at radius 1 is 1.39 bits per heavy atom. The largest absolute Gasteiger partial charge is 0.370 e. The van der Waals surface area contributed by atoms with Crippen LogP contribution >= 0.6 is 15.9 Å². The van der Waals surface area contributed by atoms with Gasteiger partial charge in [-0.1, -0.05) is 35.8 Å². The summed E-state index contributed by atoms with van der Waals surface area (Å²) in [4.78, 5) is 2.30. The molecule has 0 amide bonds. The third kappa shape index (κ3) is 4.34. The summed E-state index contributed by atoms with van der Waals surface area (Å²) in [6, 6.07) is 8.77.